The maximum atomic E-state index is 8.92. The molecule has 1 aromatic carbocycles. The van der Waals surface area contributed by atoms with Crippen LogP contribution in [-0.4, -0.2) is 19.0 Å². The van der Waals surface area contributed by atoms with Crippen molar-refractivity contribution in [3.8, 4) is 0 Å². The van der Waals surface area contributed by atoms with Crippen molar-refractivity contribution < 1.29 is 14.3 Å². The van der Waals surface area contributed by atoms with E-state index in [1.807, 2.05) is 30.3 Å². The smallest absolute Gasteiger partial charge is 0.402 e. The summed E-state index contributed by atoms with van der Waals surface area (Å²) in [7, 11) is -1.06. The van der Waals surface area contributed by atoms with Crippen LogP contribution in [0.25, 0.3) is 0 Å². The van der Waals surface area contributed by atoms with Crippen molar-refractivity contribution in [1.82, 2.24) is 0 Å². The quantitative estimate of drug-likeness (QED) is 0.622. The van der Waals surface area contributed by atoms with E-state index in [2.05, 4.69) is 0 Å². The highest BCUT2D eigenvalue weighted by molar-refractivity contribution is 6.35. The minimum atomic E-state index is -1.06. The summed E-state index contributed by atoms with van der Waals surface area (Å²) in [6.45, 7) is 0.422. The van der Waals surface area contributed by atoms with Crippen LogP contribution in [0.4, 0.5) is 0 Å². The summed E-state index contributed by atoms with van der Waals surface area (Å²) < 4.78 is 9.93. The molecule has 0 saturated carbocycles. The predicted molar refractivity (Wildman–Crippen MR) is 44.2 cm³/mol. The number of benzene rings is 1. The molecule has 1 aromatic rings. The average Bonchev–Trinajstić information content (AvgIpc) is 2.54. The Morgan fingerprint density at radius 3 is 2.67 bits per heavy atom. The summed E-state index contributed by atoms with van der Waals surface area (Å²) in [6.07, 6.45) is -0.124. The Labute approximate surface area is 71.1 Å². The van der Waals surface area contributed by atoms with Crippen molar-refractivity contribution >= 4 is 7.32 Å². The topological polar surface area (TPSA) is 38.7 Å². The highest BCUT2D eigenvalue weighted by Crippen LogP contribution is 2.22. The number of rotatable bonds is 1. The molecule has 1 saturated heterocycles. The lowest BCUT2D eigenvalue weighted by Gasteiger charge is -2.07. The molecule has 1 heterocycles. The molecule has 0 aromatic heterocycles. The third kappa shape index (κ3) is 1.50. The molecule has 62 valence electrons. The molecule has 12 heavy (non-hydrogen) atoms. The highest BCUT2D eigenvalue weighted by atomic mass is 16.7. The second-order valence-electron chi connectivity index (χ2n) is 2.68. The second kappa shape index (κ2) is 3.27. The Morgan fingerprint density at radius 2 is 2.08 bits per heavy atom. The molecule has 0 radical (unpaired) electrons. The predicted octanol–water partition coefficient (Wildman–Crippen LogP) is 0.752. The van der Waals surface area contributed by atoms with Crippen molar-refractivity contribution in [1.29, 1.82) is 0 Å². The number of hydrogen-bond donors (Lipinski definition) is 1. The van der Waals surface area contributed by atoms with Crippen LogP contribution in [0.1, 0.15) is 11.7 Å². The lowest BCUT2D eigenvalue weighted by atomic mass is 10.1. The van der Waals surface area contributed by atoms with Crippen LogP contribution in [-0.2, 0) is 9.31 Å². The fourth-order valence-electron chi connectivity index (χ4n) is 1.23. The van der Waals surface area contributed by atoms with E-state index in [1.54, 1.807) is 0 Å². The van der Waals surface area contributed by atoms with Gasteiger partial charge in [0, 0.05) is 0 Å². The first kappa shape index (κ1) is 7.80. The fourth-order valence-corrected chi connectivity index (χ4v) is 1.23. The van der Waals surface area contributed by atoms with E-state index >= 15 is 0 Å². The standard InChI is InChI=1S/C8H9BO3/c10-9-11-6-8(12-9)7-4-2-1-3-5-7/h1-5,8,10H,6H2. The van der Waals surface area contributed by atoms with Crippen LogP contribution in [0.3, 0.4) is 0 Å². The van der Waals surface area contributed by atoms with Crippen LogP contribution in [0, 0.1) is 0 Å². The lowest BCUT2D eigenvalue weighted by molar-refractivity contribution is 0.213. The molecule has 0 amide bonds. The lowest BCUT2D eigenvalue weighted by Crippen LogP contribution is -2.12. The maximum Gasteiger partial charge on any atom is 0.637 e. The Bertz CT molecular complexity index is 252. The summed E-state index contributed by atoms with van der Waals surface area (Å²) >= 11 is 0. The summed E-state index contributed by atoms with van der Waals surface area (Å²) in [6, 6.07) is 9.71. The molecule has 1 aliphatic heterocycles. The van der Waals surface area contributed by atoms with Crippen molar-refractivity contribution in [2.75, 3.05) is 6.61 Å². The Balaban J connectivity index is 2.11. The van der Waals surface area contributed by atoms with Crippen LogP contribution in [0.5, 0.6) is 0 Å². The van der Waals surface area contributed by atoms with Gasteiger partial charge in [-0.3, -0.25) is 0 Å². The van der Waals surface area contributed by atoms with E-state index in [1.165, 1.54) is 0 Å². The first-order valence-electron chi connectivity index (χ1n) is 3.86. The van der Waals surface area contributed by atoms with Gasteiger partial charge in [-0.25, -0.2) is 0 Å². The largest absolute Gasteiger partial charge is 0.637 e. The molecule has 3 nitrogen and oxygen atoms in total. The van der Waals surface area contributed by atoms with E-state index in [0.717, 1.165) is 5.56 Å². The zero-order valence-corrected chi connectivity index (χ0v) is 6.51. The summed E-state index contributed by atoms with van der Waals surface area (Å²) in [5, 5.41) is 8.92. The van der Waals surface area contributed by atoms with Gasteiger partial charge in [0.15, 0.2) is 0 Å². The molecule has 1 unspecified atom stereocenters. The molecule has 0 aliphatic carbocycles. The second-order valence-corrected chi connectivity index (χ2v) is 2.68. The first-order chi connectivity index (χ1) is 5.86. The molecule has 0 bridgehead atoms. The molecule has 1 fully saturated rings. The minimum absolute atomic E-state index is 0.124. The first-order valence-corrected chi connectivity index (χ1v) is 3.86. The van der Waals surface area contributed by atoms with Crippen LogP contribution in [0.2, 0.25) is 0 Å². The van der Waals surface area contributed by atoms with Gasteiger partial charge in [-0.2, -0.15) is 0 Å². The Morgan fingerprint density at radius 1 is 1.33 bits per heavy atom. The summed E-state index contributed by atoms with van der Waals surface area (Å²) in [4.78, 5) is 0. The SMILES string of the molecule is OB1OCC(c2ccccc2)O1. The van der Waals surface area contributed by atoms with Gasteiger partial charge < -0.3 is 14.3 Å². The van der Waals surface area contributed by atoms with Gasteiger partial charge in [-0.15, -0.1) is 0 Å². The van der Waals surface area contributed by atoms with Crippen molar-refractivity contribution in [3.63, 3.8) is 0 Å². The zero-order chi connectivity index (χ0) is 8.39. The van der Waals surface area contributed by atoms with Gasteiger partial charge >= 0.3 is 7.32 Å². The molecule has 1 N–H and O–H groups in total. The van der Waals surface area contributed by atoms with E-state index in [-0.39, 0.29) is 6.10 Å². The van der Waals surface area contributed by atoms with Crippen LogP contribution in [0.15, 0.2) is 30.3 Å². The average molecular weight is 164 g/mol. The Hall–Kier alpha value is -0.835. The summed E-state index contributed by atoms with van der Waals surface area (Å²) in [5.74, 6) is 0. The summed E-state index contributed by atoms with van der Waals surface area (Å²) in [5.41, 5.74) is 1.04. The number of hydrogen-bond acceptors (Lipinski definition) is 3. The van der Waals surface area contributed by atoms with Crippen molar-refractivity contribution in [2.45, 2.75) is 6.10 Å². The van der Waals surface area contributed by atoms with E-state index < -0.39 is 7.32 Å². The highest BCUT2D eigenvalue weighted by Gasteiger charge is 2.31. The molecule has 0 spiro atoms. The van der Waals surface area contributed by atoms with Gasteiger partial charge in [-0.05, 0) is 5.56 Å². The van der Waals surface area contributed by atoms with E-state index in [0.29, 0.717) is 6.61 Å². The molecular weight excluding hydrogens is 155 g/mol. The minimum Gasteiger partial charge on any atom is -0.402 e. The molecule has 1 atom stereocenters. The van der Waals surface area contributed by atoms with Crippen LogP contribution >= 0.6 is 0 Å². The van der Waals surface area contributed by atoms with Gasteiger partial charge in [0.05, 0.1) is 12.7 Å². The monoisotopic (exact) mass is 164 g/mol. The van der Waals surface area contributed by atoms with Gasteiger partial charge in [-0.1, -0.05) is 30.3 Å². The molecule has 4 heteroatoms. The van der Waals surface area contributed by atoms with E-state index in [4.69, 9.17) is 14.3 Å². The van der Waals surface area contributed by atoms with E-state index in [9.17, 15) is 0 Å². The maximum absolute atomic E-state index is 8.92. The third-order valence-corrected chi connectivity index (χ3v) is 1.84. The molecule has 2 rings (SSSR count). The van der Waals surface area contributed by atoms with Gasteiger partial charge in [0.1, 0.15) is 0 Å². The van der Waals surface area contributed by atoms with Crippen LogP contribution < -0.4 is 0 Å². The fraction of sp³-hybridized carbons (Fsp3) is 0.250. The van der Waals surface area contributed by atoms with Crippen molar-refractivity contribution in [2.24, 2.45) is 0 Å². The molecular formula is C8H9BO3. The third-order valence-electron chi connectivity index (χ3n) is 1.84. The van der Waals surface area contributed by atoms with Gasteiger partial charge in [0.25, 0.3) is 0 Å². The van der Waals surface area contributed by atoms with Crippen molar-refractivity contribution in [3.05, 3.63) is 35.9 Å². The molecule has 1 aliphatic rings. The Kier molecular flexibility index (Phi) is 2.12. The van der Waals surface area contributed by atoms with Gasteiger partial charge in [0.2, 0.25) is 0 Å². The normalized spacial score (nSPS) is 23.1. The zero-order valence-electron chi connectivity index (χ0n) is 6.51.